The second-order valence-electron chi connectivity index (χ2n) is 5.60. The maximum atomic E-state index is 12.1. The molecule has 0 atom stereocenters. The predicted octanol–water partition coefficient (Wildman–Crippen LogP) is 2.49. The number of fused-ring (bicyclic) bond motifs is 1. The van der Waals surface area contributed by atoms with Gasteiger partial charge in [-0.25, -0.2) is 0 Å². The van der Waals surface area contributed by atoms with E-state index in [1.54, 1.807) is 0 Å². The van der Waals surface area contributed by atoms with Crippen LogP contribution in [0.2, 0.25) is 0 Å². The van der Waals surface area contributed by atoms with Crippen molar-refractivity contribution in [3.05, 3.63) is 52.1 Å². The number of anilines is 1. The number of rotatable bonds is 6. The van der Waals surface area contributed by atoms with Crippen LogP contribution in [0.5, 0.6) is 11.5 Å². The average Bonchev–Trinajstić information content (AvgIpc) is 2.59. The zero-order valence-electron chi connectivity index (χ0n) is 13.7. The number of pyridine rings is 1. The molecule has 1 amide bonds. The van der Waals surface area contributed by atoms with E-state index in [1.807, 2.05) is 31.2 Å². The molecule has 8 nitrogen and oxygen atoms in total. The molecule has 0 bridgehead atoms. The molecule has 0 spiro atoms. The third-order valence-electron chi connectivity index (χ3n) is 3.70. The van der Waals surface area contributed by atoms with Crippen molar-refractivity contribution in [2.24, 2.45) is 0 Å². The van der Waals surface area contributed by atoms with E-state index >= 15 is 0 Å². The lowest BCUT2D eigenvalue weighted by Crippen LogP contribution is -2.40. The van der Waals surface area contributed by atoms with E-state index in [4.69, 9.17) is 9.47 Å². The maximum absolute atomic E-state index is 12.1. The van der Waals surface area contributed by atoms with Gasteiger partial charge in [0.2, 0.25) is 0 Å². The SMILES string of the molecule is Cc1cccc(OCCCN2C(=O)COc3ccc([N+](=O)[O-])nc32)c1. The summed E-state index contributed by atoms with van der Waals surface area (Å²) >= 11 is 0. The van der Waals surface area contributed by atoms with Crippen LogP contribution in [0.4, 0.5) is 11.6 Å². The van der Waals surface area contributed by atoms with E-state index in [2.05, 4.69) is 4.98 Å². The minimum atomic E-state index is -0.599. The first kappa shape index (κ1) is 16.7. The lowest BCUT2D eigenvalue weighted by molar-refractivity contribution is -0.389. The van der Waals surface area contributed by atoms with Gasteiger partial charge in [-0.05, 0) is 47.0 Å². The van der Waals surface area contributed by atoms with E-state index in [-0.39, 0.29) is 24.1 Å². The fourth-order valence-corrected chi connectivity index (χ4v) is 2.52. The molecular weight excluding hydrogens is 326 g/mol. The van der Waals surface area contributed by atoms with E-state index < -0.39 is 4.92 Å². The number of benzene rings is 1. The third kappa shape index (κ3) is 3.85. The number of carbonyl (C=O) groups excluding carboxylic acids is 1. The Labute approximate surface area is 144 Å². The van der Waals surface area contributed by atoms with Crippen LogP contribution in [0.1, 0.15) is 12.0 Å². The fraction of sp³-hybridized carbons (Fsp3) is 0.294. The second-order valence-corrected chi connectivity index (χ2v) is 5.60. The Bertz CT molecular complexity index is 809. The van der Waals surface area contributed by atoms with Crippen LogP contribution in [0.15, 0.2) is 36.4 Å². The lowest BCUT2D eigenvalue weighted by atomic mass is 10.2. The minimum Gasteiger partial charge on any atom is -0.494 e. The standard InChI is InChI=1S/C17H17N3O5/c1-12-4-2-5-13(10-12)24-9-3-8-19-16(21)11-25-14-6-7-15(20(22)23)18-17(14)19/h2,4-7,10H,3,8-9,11H2,1H3. The quantitative estimate of drug-likeness (QED) is 0.454. The highest BCUT2D eigenvalue weighted by atomic mass is 16.6. The molecule has 25 heavy (non-hydrogen) atoms. The molecule has 0 saturated heterocycles. The lowest BCUT2D eigenvalue weighted by Gasteiger charge is -2.25. The van der Waals surface area contributed by atoms with Crippen molar-refractivity contribution < 1.29 is 19.2 Å². The molecule has 3 rings (SSSR count). The monoisotopic (exact) mass is 343 g/mol. The van der Waals surface area contributed by atoms with Gasteiger partial charge < -0.3 is 19.6 Å². The molecule has 0 radical (unpaired) electrons. The molecule has 1 aromatic heterocycles. The van der Waals surface area contributed by atoms with Gasteiger partial charge in [-0.3, -0.25) is 9.69 Å². The Morgan fingerprint density at radius 1 is 1.36 bits per heavy atom. The smallest absolute Gasteiger partial charge is 0.366 e. The molecule has 0 unspecified atom stereocenters. The number of aryl methyl sites for hydroxylation is 1. The molecule has 130 valence electrons. The minimum absolute atomic E-state index is 0.106. The van der Waals surface area contributed by atoms with E-state index in [9.17, 15) is 14.9 Å². The number of amides is 1. The van der Waals surface area contributed by atoms with Crippen molar-refractivity contribution in [2.75, 3.05) is 24.7 Å². The summed E-state index contributed by atoms with van der Waals surface area (Å²) in [5.74, 6) is 0.711. The Hall–Kier alpha value is -3.16. The molecule has 0 N–H and O–H groups in total. The van der Waals surface area contributed by atoms with E-state index in [0.717, 1.165) is 11.3 Å². The van der Waals surface area contributed by atoms with Gasteiger partial charge in [-0.2, -0.15) is 0 Å². The first-order valence-electron chi connectivity index (χ1n) is 7.82. The number of nitro groups is 1. The Balaban J connectivity index is 1.65. The van der Waals surface area contributed by atoms with Crippen LogP contribution in [0, 0.1) is 17.0 Å². The highest BCUT2D eigenvalue weighted by Crippen LogP contribution is 2.32. The first-order valence-corrected chi connectivity index (χ1v) is 7.82. The second kappa shape index (κ2) is 7.16. The highest BCUT2D eigenvalue weighted by molar-refractivity contribution is 5.96. The molecule has 8 heteroatoms. The van der Waals surface area contributed by atoms with Gasteiger partial charge in [-0.15, -0.1) is 0 Å². The van der Waals surface area contributed by atoms with Crippen LogP contribution >= 0.6 is 0 Å². The van der Waals surface area contributed by atoms with Crippen LogP contribution in [-0.4, -0.2) is 35.6 Å². The van der Waals surface area contributed by atoms with Crippen molar-refractivity contribution in [3.63, 3.8) is 0 Å². The van der Waals surface area contributed by atoms with Crippen molar-refractivity contribution in [1.29, 1.82) is 0 Å². The maximum Gasteiger partial charge on any atom is 0.366 e. The van der Waals surface area contributed by atoms with Crippen LogP contribution in [0.25, 0.3) is 0 Å². The summed E-state index contributed by atoms with van der Waals surface area (Å²) in [5.41, 5.74) is 1.10. The Kier molecular flexibility index (Phi) is 4.78. The summed E-state index contributed by atoms with van der Waals surface area (Å²) < 4.78 is 10.9. The van der Waals surface area contributed by atoms with Crippen molar-refractivity contribution in [3.8, 4) is 11.5 Å². The molecule has 1 aliphatic rings. The van der Waals surface area contributed by atoms with Crippen LogP contribution in [0.3, 0.4) is 0 Å². The summed E-state index contributed by atoms with van der Waals surface area (Å²) in [6, 6.07) is 10.4. The molecule has 1 aromatic carbocycles. The molecule has 0 aliphatic carbocycles. The first-order chi connectivity index (χ1) is 12.0. The number of nitrogens with zero attached hydrogens (tertiary/aromatic N) is 3. The van der Waals surface area contributed by atoms with Crippen molar-refractivity contribution in [1.82, 2.24) is 4.98 Å². The van der Waals surface area contributed by atoms with Gasteiger partial charge >= 0.3 is 5.82 Å². The summed E-state index contributed by atoms with van der Waals surface area (Å²) in [6.45, 7) is 2.63. The van der Waals surface area contributed by atoms with Crippen LogP contribution < -0.4 is 14.4 Å². The molecule has 2 aromatic rings. The number of hydrogen-bond acceptors (Lipinski definition) is 6. The zero-order chi connectivity index (χ0) is 17.8. The molecule has 2 heterocycles. The van der Waals surface area contributed by atoms with Gasteiger partial charge in [0.1, 0.15) is 5.75 Å². The number of aromatic nitrogens is 1. The summed E-state index contributed by atoms with van der Waals surface area (Å²) in [4.78, 5) is 27.7. The average molecular weight is 343 g/mol. The third-order valence-corrected chi connectivity index (χ3v) is 3.70. The molecule has 0 fully saturated rings. The zero-order valence-corrected chi connectivity index (χ0v) is 13.7. The normalized spacial score (nSPS) is 13.2. The Morgan fingerprint density at radius 2 is 2.20 bits per heavy atom. The van der Waals surface area contributed by atoms with Gasteiger partial charge in [0.15, 0.2) is 12.4 Å². The van der Waals surface area contributed by atoms with Gasteiger partial charge in [-0.1, -0.05) is 12.1 Å². The molecule has 0 saturated carbocycles. The summed E-state index contributed by atoms with van der Waals surface area (Å²) in [6.07, 6.45) is 0.559. The van der Waals surface area contributed by atoms with E-state index in [1.165, 1.54) is 17.0 Å². The van der Waals surface area contributed by atoms with Gasteiger partial charge in [0, 0.05) is 12.6 Å². The highest BCUT2D eigenvalue weighted by Gasteiger charge is 2.31. The molecular formula is C17H17N3O5. The van der Waals surface area contributed by atoms with Crippen molar-refractivity contribution in [2.45, 2.75) is 13.3 Å². The summed E-state index contributed by atoms with van der Waals surface area (Å²) in [5, 5.41) is 10.9. The van der Waals surface area contributed by atoms with Gasteiger partial charge in [0.05, 0.1) is 6.61 Å². The number of carbonyl (C=O) groups is 1. The van der Waals surface area contributed by atoms with Gasteiger partial charge in [0.25, 0.3) is 11.7 Å². The fourth-order valence-electron chi connectivity index (χ4n) is 2.52. The van der Waals surface area contributed by atoms with E-state index in [0.29, 0.717) is 25.3 Å². The van der Waals surface area contributed by atoms with Crippen molar-refractivity contribution >= 4 is 17.5 Å². The summed E-state index contributed by atoms with van der Waals surface area (Å²) in [7, 11) is 0. The number of ether oxygens (including phenoxy) is 2. The largest absolute Gasteiger partial charge is 0.494 e. The topological polar surface area (TPSA) is 94.8 Å². The number of hydrogen-bond donors (Lipinski definition) is 0. The van der Waals surface area contributed by atoms with Crippen LogP contribution in [-0.2, 0) is 4.79 Å². The molecule has 1 aliphatic heterocycles. The Morgan fingerprint density at radius 3 is 2.96 bits per heavy atom. The predicted molar refractivity (Wildman–Crippen MR) is 90.0 cm³/mol.